The van der Waals surface area contributed by atoms with E-state index in [1.807, 2.05) is 24.3 Å². The monoisotopic (exact) mass is 397 g/mol. The maximum Gasteiger partial charge on any atom is 0.311 e. The Kier molecular flexibility index (Phi) is 4.95. The van der Waals surface area contributed by atoms with Crippen LogP contribution in [0.3, 0.4) is 0 Å². The van der Waals surface area contributed by atoms with Crippen LogP contribution in [0.2, 0.25) is 0 Å². The summed E-state index contributed by atoms with van der Waals surface area (Å²) >= 11 is 1.60. The van der Waals surface area contributed by atoms with E-state index < -0.39 is 4.92 Å². The van der Waals surface area contributed by atoms with Crippen LogP contribution in [0.15, 0.2) is 42.5 Å². The van der Waals surface area contributed by atoms with Crippen molar-refractivity contribution >= 4 is 33.1 Å². The maximum atomic E-state index is 13.2. The number of fused-ring (bicyclic) bond motifs is 1. The fourth-order valence-electron chi connectivity index (χ4n) is 3.60. The molecule has 3 aromatic rings. The number of hydrogen-bond acceptors (Lipinski definition) is 6. The molecule has 1 unspecified atom stereocenters. The highest BCUT2D eigenvalue weighted by Gasteiger charge is 2.32. The topological polar surface area (TPSA) is 85.6 Å². The van der Waals surface area contributed by atoms with Crippen LogP contribution >= 0.6 is 11.3 Å². The van der Waals surface area contributed by atoms with Crippen LogP contribution in [0.25, 0.3) is 10.2 Å². The molecule has 1 fully saturated rings. The minimum absolute atomic E-state index is 0.111. The third-order valence-electron chi connectivity index (χ3n) is 4.98. The van der Waals surface area contributed by atoms with Crippen molar-refractivity contribution in [3.8, 4) is 5.75 Å². The summed E-state index contributed by atoms with van der Waals surface area (Å²) in [6.45, 7) is 0.610. The highest BCUT2D eigenvalue weighted by molar-refractivity contribution is 7.18. The van der Waals surface area contributed by atoms with E-state index in [-0.39, 0.29) is 23.4 Å². The van der Waals surface area contributed by atoms with Gasteiger partial charge in [0.25, 0.3) is 5.91 Å². The van der Waals surface area contributed by atoms with Gasteiger partial charge in [0.05, 0.1) is 28.3 Å². The summed E-state index contributed by atoms with van der Waals surface area (Å²) in [6.07, 6.45) is 2.77. The number of piperidine rings is 1. The normalized spacial score (nSPS) is 16.9. The second-order valence-electron chi connectivity index (χ2n) is 6.67. The van der Waals surface area contributed by atoms with Gasteiger partial charge in [-0.3, -0.25) is 14.9 Å². The standard InChI is InChI=1S/C20H19N3O4S/c1-27-17-10-9-13(12-16(17)23(25)26)20(24)22-11-5-4-7-15(22)19-21-14-6-2-3-8-18(14)28-19/h2-3,6,8-10,12,15H,4-5,7,11H2,1H3. The highest BCUT2D eigenvalue weighted by atomic mass is 32.1. The van der Waals surface area contributed by atoms with E-state index in [2.05, 4.69) is 0 Å². The minimum Gasteiger partial charge on any atom is -0.490 e. The largest absolute Gasteiger partial charge is 0.490 e. The lowest BCUT2D eigenvalue weighted by Crippen LogP contribution is -2.38. The van der Waals surface area contributed by atoms with Crippen LogP contribution in [0.5, 0.6) is 5.75 Å². The van der Waals surface area contributed by atoms with Gasteiger partial charge in [0, 0.05) is 18.2 Å². The second-order valence-corrected chi connectivity index (χ2v) is 7.74. The lowest BCUT2D eigenvalue weighted by atomic mass is 10.0. The van der Waals surface area contributed by atoms with Crippen LogP contribution in [-0.4, -0.2) is 34.4 Å². The number of nitrogens with zero attached hydrogens (tertiary/aromatic N) is 3. The van der Waals surface area contributed by atoms with Gasteiger partial charge in [-0.15, -0.1) is 11.3 Å². The third-order valence-corrected chi connectivity index (χ3v) is 6.12. The number of para-hydroxylation sites is 1. The number of ether oxygens (including phenoxy) is 1. The molecular weight excluding hydrogens is 378 g/mol. The Morgan fingerprint density at radius 2 is 2.11 bits per heavy atom. The van der Waals surface area contributed by atoms with Gasteiger partial charge in [-0.25, -0.2) is 4.98 Å². The molecule has 7 nitrogen and oxygen atoms in total. The molecule has 0 bridgehead atoms. The second kappa shape index (κ2) is 7.55. The zero-order valence-electron chi connectivity index (χ0n) is 15.3. The van der Waals surface area contributed by atoms with Crippen molar-refractivity contribution in [2.45, 2.75) is 25.3 Å². The number of likely N-dealkylation sites (tertiary alicyclic amines) is 1. The van der Waals surface area contributed by atoms with E-state index in [1.54, 1.807) is 22.3 Å². The fourth-order valence-corrected chi connectivity index (χ4v) is 4.71. The zero-order chi connectivity index (χ0) is 19.7. The number of nitro benzene ring substituents is 1. The highest BCUT2D eigenvalue weighted by Crippen LogP contribution is 2.37. The Labute approximate surface area is 165 Å². The molecule has 1 aromatic heterocycles. The summed E-state index contributed by atoms with van der Waals surface area (Å²) in [5.74, 6) is -0.0716. The molecule has 0 spiro atoms. The van der Waals surface area contributed by atoms with Crippen LogP contribution in [0.4, 0.5) is 5.69 Å². The Balaban J connectivity index is 1.68. The van der Waals surface area contributed by atoms with Crippen molar-refractivity contribution in [2.75, 3.05) is 13.7 Å². The van der Waals surface area contributed by atoms with E-state index >= 15 is 0 Å². The van der Waals surface area contributed by atoms with Gasteiger partial charge < -0.3 is 9.64 Å². The van der Waals surface area contributed by atoms with Gasteiger partial charge in [0.2, 0.25) is 0 Å². The fraction of sp³-hybridized carbons (Fsp3) is 0.300. The molecule has 1 aliphatic rings. The minimum atomic E-state index is -0.531. The summed E-state index contributed by atoms with van der Waals surface area (Å²) in [5, 5.41) is 12.2. The maximum absolute atomic E-state index is 13.2. The molecule has 0 radical (unpaired) electrons. The van der Waals surface area contributed by atoms with Gasteiger partial charge in [-0.1, -0.05) is 12.1 Å². The number of nitro groups is 1. The molecule has 0 aliphatic carbocycles. The number of methoxy groups -OCH3 is 1. The predicted molar refractivity (Wildman–Crippen MR) is 107 cm³/mol. The molecule has 144 valence electrons. The van der Waals surface area contributed by atoms with Crippen LogP contribution in [0.1, 0.15) is 40.7 Å². The Morgan fingerprint density at radius 1 is 1.29 bits per heavy atom. The molecular formula is C20H19N3O4S. The molecule has 4 rings (SSSR count). The molecule has 8 heteroatoms. The van der Waals surface area contributed by atoms with Crippen molar-refractivity contribution in [3.05, 3.63) is 63.1 Å². The first-order valence-electron chi connectivity index (χ1n) is 9.07. The molecule has 0 N–H and O–H groups in total. The number of rotatable bonds is 4. The molecule has 2 aromatic carbocycles. The number of hydrogen-bond donors (Lipinski definition) is 0. The van der Waals surface area contributed by atoms with Gasteiger partial charge >= 0.3 is 5.69 Å². The first-order valence-corrected chi connectivity index (χ1v) is 9.89. The van der Waals surface area contributed by atoms with Gasteiger partial charge in [-0.2, -0.15) is 0 Å². The van der Waals surface area contributed by atoms with Crippen LogP contribution in [-0.2, 0) is 0 Å². The molecule has 28 heavy (non-hydrogen) atoms. The molecule has 0 saturated carbocycles. The number of carbonyl (C=O) groups excluding carboxylic acids is 1. The number of thiazole rings is 1. The van der Waals surface area contributed by atoms with E-state index in [4.69, 9.17) is 9.72 Å². The van der Waals surface area contributed by atoms with Crippen molar-refractivity contribution < 1.29 is 14.5 Å². The number of aromatic nitrogens is 1. The number of benzene rings is 2. The first-order chi connectivity index (χ1) is 13.6. The smallest absolute Gasteiger partial charge is 0.311 e. The Bertz CT molecular complexity index is 1020. The van der Waals surface area contributed by atoms with E-state index in [0.29, 0.717) is 12.1 Å². The summed E-state index contributed by atoms with van der Waals surface area (Å²) in [7, 11) is 1.37. The quantitative estimate of drug-likeness (QED) is 0.475. The van der Waals surface area contributed by atoms with E-state index in [1.165, 1.54) is 19.2 Å². The Hall–Kier alpha value is -3.00. The lowest BCUT2D eigenvalue weighted by Gasteiger charge is -2.34. The van der Waals surface area contributed by atoms with Crippen molar-refractivity contribution in [2.24, 2.45) is 0 Å². The first kappa shape index (κ1) is 18.4. The van der Waals surface area contributed by atoms with E-state index in [9.17, 15) is 14.9 Å². The summed E-state index contributed by atoms with van der Waals surface area (Å²) in [6, 6.07) is 12.2. The average molecular weight is 397 g/mol. The molecule has 2 heterocycles. The molecule has 1 atom stereocenters. The summed E-state index contributed by atoms with van der Waals surface area (Å²) < 4.78 is 6.13. The zero-order valence-corrected chi connectivity index (χ0v) is 16.1. The number of carbonyl (C=O) groups is 1. The molecule has 1 amide bonds. The van der Waals surface area contributed by atoms with Gasteiger partial charge in [0.1, 0.15) is 5.01 Å². The average Bonchev–Trinajstić information content (AvgIpc) is 3.17. The van der Waals surface area contributed by atoms with Crippen molar-refractivity contribution in [1.29, 1.82) is 0 Å². The third kappa shape index (κ3) is 3.31. The van der Waals surface area contributed by atoms with E-state index in [0.717, 1.165) is 34.5 Å². The van der Waals surface area contributed by atoms with Crippen molar-refractivity contribution in [1.82, 2.24) is 9.88 Å². The van der Waals surface area contributed by atoms with Crippen LogP contribution in [0, 0.1) is 10.1 Å². The lowest BCUT2D eigenvalue weighted by molar-refractivity contribution is -0.385. The van der Waals surface area contributed by atoms with Crippen molar-refractivity contribution in [3.63, 3.8) is 0 Å². The molecule has 1 aliphatic heterocycles. The predicted octanol–water partition coefficient (Wildman–Crippen LogP) is 4.58. The van der Waals surface area contributed by atoms with Crippen LogP contribution < -0.4 is 4.74 Å². The Morgan fingerprint density at radius 3 is 2.86 bits per heavy atom. The molecule has 1 saturated heterocycles. The van der Waals surface area contributed by atoms with Gasteiger partial charge in [0.15, 0.2) is 5.75 Å². The SMILES string of the molecule is COc1ccc(C(=O)N2CCCCC2c2nc3ccccc3s2)cc1[N+](=O)[O-]. The summed E-state index contributed by atoms with van der Waals surface area (Å²) in [5.41, 5.74) is 1.02. The van der Waals surface area contributed by atoms with Gasteiger partial charge in [-0.05, 0) is 43.5 Å². The summed E-state index contributed by atoms with van der Waals surface area (Å²) in [4.78, 5) is 30.5. The number of amides is 1.